The monoisotopic (exact) mass is 1240 g/mol. The van der Waals surface area contributed by atoms with Crippen LogP contribution in [-0.4, -0.2) is 15.6 Å². The molecule has 0 unspecified atom stereocenters. The SMILES string of the molecule is CC(C)c1cc(-c2cc(C(C)(C)C)cc(-c3cc(F)cc(F)c3)c2[N+]2=C=[N+](c3[c-]c(Oc4[c-]c5c(cc4)c4ccccc4n5-c4cc(C(C)(C)C)ccn4)cc(-c4ccc(C(C)(C)C)cc4)c3)c3ccccc32)cc(C(C)C)c1.[Pt+2]. The van der Waals surface area contributed by atoms with Gasteiger partial charge in [-0.2, -0.15) is 6.07 Å². The van der Waals surface area contributed by atoms with E-state index in [-0.39, 0.29) is 49.1 Å². The van der Waals surface area contributed by atoms with Crippen molar-refractivity contribution in [2.45, 2.75) is 118 Å². The molecular formula is C72H68F2N4OPt+2. The minimum atomic E-state index is -0.650. The molecule has 3 heterocycles. The van der Waals surface area contributed by atoms with Crippen molar-refractivity contribution in [2.75, 3.05) is 0 Å². The molecule has 0 aliphatic carbocycles. The van der Waals surface area contributed by atoms with Gasteiger partial charge in [-0.15, -0.1) is 29.1 Å². The number of rotatable bonds is 10. The van der Waals surface area contributed by atoms with E-state index in [1.807, 2.05) is 35.0 Å². The van der Waals surface area contributed by atoms with Gasteiger partial charge in [0, 0.05) is 41.4 Å². The Kier molecular flexibility index (Phi) is 14.7. The summed E-state index contributed by atoms with van der Waals surface area (Å²) >= 11 is 0. The van der Waals surface area contributed by atoms with Crippen molar-refractivity contribution in [1.29, 1.82) is 0 Å². The molecule has 0 fully saturated rings. The van der Waals surface area contributed by atoms with Gasteiger partial charge >= 0.3 is 27.1 Å². The molecule has 404 valence electrons. The number of fused-ring (bicyclic) bond motifs is 4. The topological polar surface area (TPSA) is 33.1 Å². The van der Waals surface area contributed by atoms with E-state index in [1.54, 1.807) is 0 Å². The molecule has 11 rings (SSSR count). The summed E-state index contributed by atoms with van der Waals surface area (Å²) in [4.78, 5) is 4.91. The third-order valence-corrected chi connectivity index (χ3v) is 15.3. The fourth-order valence-corrected chi connectivity index (χ4v) is 10.7. The molecule has 1 aliphatic rings. The normalized spacial score (nSPS) is 12.8. The number of nitrogens with zero attached hydrogens (tertiary/aromatic N) is 4. The molecule has 0 bridgehead atoms. The molecule has 80 heavy (non-hydrogen) atoms. The summed E-state index contributed by atoms with van der Waals surface area (Å²) in [5.41, 5.74) is 15.3. The molecule has 0 saturated carbocycles. The predicted octanol–water partition coefficient (Wildman–Crippen LogP) is 19.8. The van der Waals surface area contributed by atoms with Gasteiger partial charge < -0.3 is 9.30 Å². The zero-order valence-corrected chi connectivity index (χ0v) is 50.3. The second-order valence-corrected chi connectivity index (χ2v) is 24.9. The van der Waals surface area contributed by atoms with Crippen LogP contribution in [-0.2, 0) is 37.3 Å². The van der Waals surface area contributed by atoms with Crippen molar-refractivity contribution in [3.8, 4) is 50.7 Å². The summed E-state index contributed by atoms with van der Waals surface area (Å²) in [6.07, 6.45) is 1.88. The maximum absolute atomic E-state index is 15.6. The Morgan fingerprint density at radius 1 is 0.512 bits per heavy atom. The molecule has 0 radical (unpaired) electrons. The smallest absolute Gasteiger partial charge is 0.509 e. The minimum absolute atomic E-state index is 0. The van der Waals surface area contributed by atoms with Crippen molar-refractivity contribution in [1.82, 2.24) is 18.7 Å². The van der Waals surface area contributed by atoms with E-state index in [4.69, 9.17) is 9.72 Å². The number of para-hydroxylation sites is 3. The first-order valence-electron chi connectivity index (χ1n) is 27.5. The zero-order chi connectivity index (χ0) is 55.9. The van der Waals surface area contributed by atoms with Crippen molar-refractivity contribution in [3.05, 3.63) is 216 Å². The van der Waals surface area contributed by atoms with E-state index >= 15 is 8.78 Å². The van der Waals surface area contributed by atoms with E-state index in [0.717, 1.165) is 78.6 Å². The fraction of sp³-hybridized carbons (Fsp3) is 0.250. The maximum Gasteiger partial charge on any atom is 2.00 e. The molecule has 10 aromatic rings. The van der Waals surface area contributed by atoms with Gasteiger partial charge in [0.05, 0.1) is 11.1 Å². The summed E-state index contributed by atoms with van der Waals surface area (Å²) < 4.78 is 44.5. The van der Waals surface area contributed by atoms with Gasteiger partial charge in [0.1, 0.15) is 23.1 Å². The Bertz CT molecular complexity index is 4070. The Hall–Kier alpha value is -7.56. The van der Waals surface area contributed by atoms with Crippen molar-refractivity contribution in [3.63, 3.8) is 0 Å². The van der Waals surface area contributed by atoms with Crippen LogP contribution in [0.1, 0.15) is 130 Å². The van der Waals surface area contributed by atoms with Gasteiger partial charge in [0.15, 0.2) is 0 Å². The molecule has 2 aromatic heterocycles. The Balaban J connectivity index is 0.00000720. The van der Waals surface area contributed by atoms with Crippen LogP contribution >= 0.6 is 0 Å². The van der Waals surface area contributed by atoms with E-state index in [0.29, 0.717) is 28.3 Å². The fourth-order valence-electron chi connectivity index (χ4n) is 10.7. The first-order valence-corrected chi connectivity index (χ1v) is 27.5. The number of aromatic nitrogens is 2. The molecule has 8 aromatic carbocycles. The largest absolute Gasteiger partial charge is 2.00 e. The third-order valence-electron chi connectivity index (χ3n) is 15.3. The Morgan fingerprint density at radius 3 is 1.71 bits per heavy atom. The molecule has 0 saturated heterocycles. The first-order chi connectivity index (χ1) is 37.5. The number of halogens is 2. The number of ether oxygens (including phenoxy) is 1. The van der Waals surface area contributed by atoms with Crippen LogP contribution in [0.25, 0.3) is 61.0 Å². The van der Waals surface area contributed by atoms with Gasteiger partial charge in [0.25, 0.3) is 11.4 Å². The van der Waals surface area contributed by atoms with Gasteiger partial charge in [-0.25, -0.2) is 13.8 Å². The van der Waals surface area contributed by atoms with E-state index < -0.39 is 11.6 Å². The molecule has 0 amide bonds. The van der Waals surface area contributed by atoms with Crippen molar-refractivity contribution in [2.24, 2.45) is 0 Å². The standard InChI is InChI=1S/C72H68F2N4O.Pt/c1-44(2)47-30-48(45(3)4)32-50(31-47)62-37-54(72(11,12)13)38-63(51-33-55(73)40-56(74)34-51)69(62)77-43-76(65-20-16-17-21-66(65)77)57-35-49(46-22-24-52(25-23-46)70(5,6)7)36-59(41-57)79-58-26-27-61-60-18-14-15-19-64(60)78(67(61)42-58)68-39-53(28-29-75-68)71(8,9)10;/h14-40,44-45H,1-13H3;/q;+2. The summed E-state index contributed by atoms with van der Waals surface area (Å²) in [5, 5.41) is 2.13. The molecule has 0 N–H and O–H groups in total. The molecule has 1 aliphatic heterocycles. The van der Waals surface area contributed by atoms with Crippen LogP contribution < -0.4 is 13.9 Å². The second-order valence-electron chi connectivity index (χ2n) is 24.9. The first kappa shape index (κ1) is 55.7. The van der Waals surface area contributed by atoms with Crippen LogP contribution in [0.2, 0.25) is 0 Å². The predicted molar refractivity (Wildman–Crippen MR) is 324 cm³/mol. The minimum Gasteiger partial charge on any atom is -0.509 e. The van der Waals surface area contributed by atoms with E-state index in [9.17, 15) is 0 Å². The number of benzene rings is 8. The zero-order valence-electron chi connectivity index (χ0n) is 48.0. The van der Waals surface area contributed by atoms with Gasteiger partial charge in [0.2, 0.25) is 5.69 Å². The number of hydrogen-bond donors (Lipinski definition) is 0. The van der Waals surface area contributed by atoms with Crippen molar-refractivity contribution < 1.29 is 34.6 Å². The maximum atomic E-state index is 15.6. The third kappa shape index (κ3) is 10.8. The van der Waals surface area contributed by atoms with Crippen LogP contribution in [0, 0.1) is 23.8 Å². The van der Waals surface area contributed by atoms with Gasteiger partial charge in [-0.3, -0.25) is 0 Å². The molecule has 8 heteroatoms. The average Bonchev–Trinajstić information content (AvgIpc) is 3.95. The molecular weight excluding hydrogens is 1170 g/mol. The van der Waals surface area contributed by atoms with Crippen LogP contribution in [0.5, 0.6) is 11.5 Å². The van der Waals surface area contributed by atoms with Crippen LogP contribution in [0.15, 0.2) is 164 Å². The number of pyridine rings is 1. The average molecular weight is 1240 g/mol. The van der Waals surface area contributed by atoms with Crippen molar-refractivity contribution >= 4 is 50.6 Å². The van der Waals surface area contributed by atoms with E-state index in [1.165, 1.54) is 34.4 Å². The molecule has 5 nitrogen and oxygen atoms in total. The van der Waals surface area contributed by atoms with Gasteiger partial charge in [-0.1, -0.05) is 185 Å². The summed E-state index contributed by atoms with van der Waals surface area (Å²) in [5.74, 6) is 1.00. The Morgan fingerprint density at radius 2 is 1.10 bits per heavy atom. The quantitative estimate of drug-likeness (QED) is 0.101. The van der Waals surface area contributed by atoms with Crippen LogP contribution in [0.3, 0.4) is 0 Å². The molecule has 0 atom stereocenters. The summed E-state index contributed by atoms with van der Waals surface area (Å²) in [6.45, 7) is 28.7. The summed E-state index contributed by atoms with van der Waals surface area (Å²) in [7, 11) is 0. The Labute approximate surface area is 485 Å². The second kappa shape index (κ2) is 21.2. The van der Waals surface area contributed by atoms with Crippen LogP contribution in [0.4, 0.5) is 31.5 Å². The number of hydrogen-bond acceptors (Lipinski definition) is 2. The molecule has 0 spiro atoms. The van der Waals surface area contributed by atoms with Gasteiger partial charge in [-0.05, 0) is 125 Å². The summed E-state index contributed by atoms with van der Waals surface area (Å²) in [6, 6.07) is 64.0. The van der Waals surface area contributed by atoms with E-state index in [2.05, 4.69) is 233 Å².